The van der Waals surface area contributed by atoms with E-state index in [1.165, 1.54) is 12.1 Å². The van der Waals surface area contributed by atoms with Crippen LogP contribution in [0.5, 0.6) is 0 Å². The molecule has 0 aromatic heterocycles. The zero-order chi connectivity index (χ0) is 14.8. The Balaban J connectivity index is 2.18. The molecular formula is C14H20ClNO3S. The quantitative estimate of drug-likeness (QED) is 0.897. The van der Waals surface area contributed by atoms with Crippen molar-refractivity contribution in [1.82, 2.24) is 4.72 Å². The van der Waals surface area contributed by atoms with Crippen LogP contribution in [-0.4, -0.2) is 19.6 Å². The average molecular weight is 318 g/mol. The number of aliphatic hydroxyl groups excluding tert-OH is 1. The summed E-state index contributed by atoms with van der Waals surface area (Å²) in [6.07, 6.45) is 3.80. The van der Waals surface area contributed by atoms with E-state index in [9.17, 15) is 8.42 Å². The van der Waals surface area contributed by atoms with Gasteiger partial charge in [0.15, 0.2) is 0 Å². The minimum absolute atomic E-state index is 0.0231. The molecule has 1 aromatic carbocycles. The summed E-state index contributed by atoms with van der Waals surface area (Å²) in [6, 6.07) is 4.52. The van der Waals surface area contributed by atoms with Crippen molar-refractivity contribution < 1.29 is 13.5 Å². The molecule has 1 aliphatic carbocycles. The molecule has 112 valence electrons. The van der Waals surface area contributed by atoms with Gasteiger partial charge >= 0.3 is 0 Å². The second kappa shape index (κ2) is 6.43. The Kier molecular flexibility index (Phi) is 5.07. The van der Waals surface area contributed by atoms with E-state index in [1.54, 1.807) is 6.07 Å². The van der Waals surface area contributed by atoms with Crippen molar-refractivity contribution >= 4 is 21.6 Å². The van der Waals surface area contributed by atoms with Crippen molar-refractivity contribution in [2.75, 3.05) is 0 Å². The maximum atomic E-state index is 12.4. The number of sulfonamides is 1. The van der Waals surface area contributed by atoms with Crippen LogP contribution >= 0.6 is 11.6 Å². The largest absolute Gasteiger partial charge is 0.392 e. The van der Waals surface area contributed by atoms with E-state index in [0.29, 0.717) is 11.5 Å². The van der Waals surface area contributed by atoms with E-state index in [-0.39, 0.29) is 22.6 Å². The van der Waals surface area contributed by atoms with Crippen molar-refractivity contribution in [1.29, 1.82) is 0 Å². The van der Waals surface area contributed by atoms with Crippen LogP contribution in [0.4, 0.5) is 0 Å². The van der Waals surface area contributed by atoms with Crippen LogP contribution in [0.1, 0.15) is 38.2 Å². The molecule has 2 N–H and O–H groups in total. The van der Waals surface area contributed by atoms with Crippen LogP contribution in [0.15, 0.2) is 23.1 Å². The molecular weight excluding hydrogens is 298 g/mol. The molecule has 2 rings (SSSR count). The number of halogens is 1. The molecule has 0 aliphatic heterocycles. The molecule has 0 atom stereocenters. The molecule has 0 spiro atoms. The highest BCUT2D eigenvalue weighted by atomic mass is 35.5. The number of benzene rings is 1. The first-order valence-electron chi connectivity index (χ1n) is 6.84. The fraction of sp³-hybridized carbons (Fsp3) is 0.571. The van der Waals surface area contributed by atoms with Gasteiger partial charge in [0.25, 0.3) is 0 Å². The third kappa shape index (κ3) is 3.73. The highest BCUT2D eigenvalue weighted by molar-refractivity contribution is 7.89. The van der Waals surface area contributed by atoms with Crippen molar-refractivity contribution in [3.05, 3.63) is 28.8 Å². The Morgan fingerprint density at radius 3 is 2.55 bits per heavy atom. The Labute approximate surface area is 125 Å². The SMILES string of the molecule is CC1CCC(NS(=O)(=O)c2cc(CO)ccc2Cl)CC1. The maximum absolute atomic E-state index is 12.4. The second-order valence-corrected chi connectivity index (χ2v) is 7.59. The predicted molar refractivity (Wildman–Crippen MR) is 79.1 cm³/mol. The zero-order valence-corrected chi connectivity index (χ0v) is 13.0. The van der Waals surface area contributed by atoms with Gasteiger partial charge in [0, 0.05) is 6.04 Å². The molecule has 1 saturated carbocycles. The monoisotopic (exact) mass is 317 g/mol. The summed E-state index contributed by atoms with van der Waals surface area (Å²) in [5.74, 6) is 0.664. The van der Waals surface area contributed by atoms with Crippen LogP contribution < -0.4 is 4.72 Å². The first-order chi connectivity index (χ1) is 9.42. The number of rotatable bonds is 4. The Bertz CT molecular complexity index is 566. The van der Waals surface area contributed by atoms with Crippen LogP contribution in [-0.2, 0) is 16.6 Å². The fourth-order valence-electron chi connectivity index (χ4n) is 2.51. The summed E-state index contributed by atoms with van der Waals surface area (Å²) >= 11 is 5.98. The van der Waals surface area contributed by atoms with Gasteiger partial charge in [-0.3, -0.25) is 0 Å². The van der Waals surface area contributed by atoms with Gasteiger partial charge in [0.1, 0.15) is 4.90 Å². The lowest BCUT2D eigenvalue weighted by atomic mass is 9.88. The zero-order valence-electron chi connectivity index (χ0n) is 11.5. The minimum Gasteiger partial charge on any atom is -0.392 e. The highest BCUT2D eigenvalue weighted by Crippen LogP contribution is 2.27. The molecule has 0 unspecified atom stereocenters. The summed E-state index contributed by atoms with van der Waals surface area (Å²) in [5, 5.41) is 9.29. The summed E-state index contributed by atoms with van der Waals surface area (Å²) in [7, 11) is -3.63. The molecule has 6 heteroatoms. The molecule has 0 bridgehead atoms. The topological polar surface area (TPSA) is 66.4 Å². The highest BCUT2D eigenvalue weighted by Gasteiger charge is 2.25. The number of hydrogen-bond donors (Lipinski definition) is 2. The van der Waals surface area contributed by atoms with Gasteiger partial charge in [-0.2, -0.15) is 0 Å². The molecule has 0 heterocycles. The van der Waals surface area contributed by atoms with Crippen molar-refractivity contribution in [3.8, 4) is 0 Å². The third-order valence-corrected chi connectivity index (χ3v) is 5.81. The van der Waals surface area contributed by atoms with Crippen molar-refractivity contribution in [2.45, 2.75) is 50.2 Å². The lowest BCUT2D eigenvalue weighted by Crippen LogP contribution is -2.37. The van der Waals surface area contributed by atoms with Gasteiger partial charge in [-0.05, 0) is 49.3 Å². The van der Waals surface area contributed by atoms with Crippen LogP contribution in [0.2, 0.25) is 5.02 Å². The summed E-state index contributed by atoms with van der Waals surface area (Å²) < 4.78 is 27.5. The maximum Gasteiger partial charge on any atom is 0.242 e. The van der Waals surface area contributed by atoms with E-state index in [2.05, 4.69) is 11.6 Å². The van der Waals surface area contributed by atoms with Crippen LogP contribution in [0.3, 0.4) is 0 Å². The van der Waals surface area contributed by atoms with Gasteiger partial charge in [0.05, 0.1) is 11.6 Å². The Morgan fingerprint density at radius 2 is 1.95 bits per heavy atom. The summed E-state index contributed by atoms with van der Waals surface area (Å²) in [4.78, 5) is 0.0457. The summed E-state index contributed by atoms with van der Waals surface area (Å²) in [5.41, 5.74) is 0.534. The van der Waals surface area contributed by atoms with E-state index >= 15 is 0 Å². The predicted octanol–water partition coefficient (Wildman–Crippen LogP) is 2.69. The average Bonchev–Trinajstić information content (AvgIpc) is 2.41. The number of hydrogen-bond acceptors (Lipinski definition) is 3. The molecule has 20 heavy (non-hydrogen) atoms. The van der Waals surface area contributed by atoms with E-state index in [4.69, 9.17) is 16.7 Å². The fourth-order valence-corrected chi connectivity index (χ4v) is 4.37. The van der Waals surface area contributed by atoms with Crippen molar-refractivity contribution in [3.63, 3.8) is 0 Å². The lowest BCUT2D eigenvalue weighted by molar-refractivity contribution is 0.281. The van der Waals surface area contributed by atoms with Gasteiger partial charge in [-0.25, -0.2) is 13.1 Å². The Hall–Kier alpha value is -0.620. The first kappa shape index (κ1) is 15.8. The standard InChI is InChI=1S/C14H20ClNO3S/c1-10-2-5-12(6-3-10)16-20(18,19)14-8-11(9-17)4-7-13(14)15/h4,7-8,10,12,16-17H,2-3,5-6,9H2,1H3. The molecule has 1 aliphatic rings. The molecule has 1 fully saturated rings. The number of nitrogens with one attached hydrogen (secondary N) is 1. The third-order valence-electron chi connectivity index (χ3n) is 3.81. The molecule has 4 nitrogen and oxygen atoms in total. The first-order valence-corrected chi connectivity index (χ1v) is 8.70. The normalized spacial score (nSPS) is 23.8. The molecule has 0 radical (unpaired) electrons. The van der Waals surface area contributed by atoms with Gasteiger partial charge in [-0.15, -0.1) is 0 Å². The molecule has 0 amide bonds. The molecule has 0 saturated heterocycles. The van der Waals surface area contributed by atoms with Gasteiger partial charge in [-0.1, -0.05) is 24.6 Å². The van der Waals surface area contributed by atoms with Crippen LogP contribution in [0.25, 0.3) is 0 Å². The number of aliphatic hydroxyl groups is 1. The van der Waals surface area contributed by atoms with Crippen LogP contribution in [0, 0.1) is 5.92 Å². The summed E-state index contributed by atoms with van der Waals surface area (Å²) in [6.45, 7) is 1.98. The lowest BCUT2D eigenvalue weighted by Gasteiger charge is -2.26. The van der Waals surface area contributed by atoms with E-state index in [1.807, 2.05) is 0 Å². The Morgan fingerprint density at radius 1 is 1.30 bits per heavy atom. The second-order valence-electron chi connectivity index (χ2n) is 5.50. The minimum atomic E-state index is -3.63. The van der Waals surface area contributed by atoms with Gasteiger partial charge < -0.3 is 5.11 Å². The molecule has 1 aromatic rings. The van der Waals surface area contributed by atoms with E-state index in [0.717, 1.165) is 25.7 Å². The smallest absolute Gasteiger partial charge is 0.242 e. The van der Waals surface area contributed by atoms with Gasteiger partial charge in [0.2, 0.25) is 10.0 Å². The van der Waals surface area contributed by atoms with E-state index < -0.39 is 10.0 Å². The van der Waals surface area contributed by atoms with Crippen molar-refractivity contribution in [2.24, 2.45) is 5.92 Å².